The highest BCUT2D eigenvalue weighted by Crippen LogP contribution is 2.09. The topological polar surface area (TPSA) is 26.0 Å². The molecule has 0 unspecified atom stereocenters. The first-order chi connectivity index (χ1) is 6.09. The molecule has 0 amide bonds. The van der Waals surface area contributed by atoms with Crippen molar-refractivity contribution in [1.29, 1.82) is 0 Å². The van der Waals surface area contributed by atoms with E-state index in [4.69, 9.17) is 5.73 Å². The Morgan fingerprint density at radius 3 is 2.23 bits per heavy atom. The van der Waals surface area contributed by atoms with Crippen molar-refractivity contribution >= 4 is 0 Å². The number of rotatable bonds is 3. The standard InChI is InChI=1S/C11H16FN/c1-8(2)11(13)7-9-3-5-10(12)6-4-9/h3-6,8,11H,7,13H2,1-2H3/t11-/m0/s1. The van der Waals surface area contributed by atoms with Crippen molar-refractivity contribution in [2.75, 3.05) is 0 Å². The zero-order chi connectivity index (χ0) is 9.84. The van der Waals surface area contributed by atoms with Gasteiger partial charge in [-0.25, -0.2) is 4.39 Å². The quantitative estimate of drug-likeness (QED) is 0.761. The minimum Gasteiger partial charge on any atom is -0.327 e. The number of halogens is 1. The van der Waals surface area contributed by atoms with E-state index in [1.807, 2.05) is 0 Å². The van der Waals surface area contributed by atoms with E-state index in [2.05, 4.69) is 13.8 Å². The van der Waals surface area contributed by atoms with Gasteiger partial charge in [-0.05, 0) is 30.0 Å². The summed E-state index contributed by atoms with van der Waals surface area (Å²) >= 11 is 0. The van der Waals surface area contributed by atoms with Gasteiger partial charge in [-0.1, -0.05) is 26.0 Å². The summed E-state index contributed by atoms with van der Waals surface area (Å²) in [6.07, 6.45) is 0.817. The highest BCUT2D eigenvalue weighted by Gasteiger charge is 2.07. The molecule has 0 saturated carbocycles. The van der Waals surface area contributed by atoms with Crippen molar-refractivity contribution in [1.82, 2.24) is 0 Å². The zero-order valence-corrected chi connectivity index (χ0v) is 8.13. The summed E-state index contributed by atoms with van der Waals surface area (Å²) in [4.78, 5) is 0. The van der Waals surface area contributed by atoms with Crippen LogP contribution in [0.3, 0.4) is 0 Å². The molecule has 1 rings (SSSR count). The van der Waals surface area contributed by atoms with Crippen LogP contribution >= 0.6 is 0 Å². The van der Waals surface area contributed by atoms with E-state index < -0.39 is 0 Å². The van der Waals surface area contributed by atoms with Crippen LogP contribution in [0.2, 0.25) is 0 Å². The van der Waals surface area contributed by atoms with Gasteiger partial charge in [-0.15, -0.1) is 0 Å². The van der Waals surface area contributed by atoms with Gasteiger partial charge in [0.05, 0.1) is 0 Å². The molecule has 0 saturated heterocycles. The average Bonchev–Trinajstić information content (AvgIpc) is 2.08. The summed E-state index contributed by atoms with van der Waals surface area (Å²) in [7, 11) is 0. The third-order valence-corrected chi connectivity index (χ3v) is 2.24. The van der Waals surface area contributed by atoms with E-state index >= 15 is 0 Å². The molecule has 72 valence electrons. The molecular weight excluding hydrogens is 165 g/mol. The van der Waals surface area contributed by atoms with E-state index in [9.17, 15) is 4.39 Å². The van der Waals surface area contributed by atoms with Crippen LogP contribution in [0.1, 0.15) is 19.4 Å². The van der Waals surface area contributed by atoms with Gasteiger partial charge < -0.3 is 5.73 Å². The maximum Gasteiger partial charge on any atom is 0.123 e. The van der Waals surface area contributed by atoms with Gasteiger partial charge in [-0.3, -0.25) is 0 Å². The van der Waals surface area contributed by atoms with Crippen LogP contribution in [-0.2, 0) is 6.42 Å². The smallest absolute Gasteiger partial charge is 0.123 e. The maximum atomic E-state index is 12.6. The molecule has 0 spiro atoms. The Bertz CT molecular complexity index is 253. The van der Waals surface area contributed by atoms with E-state index in [1.165, 1.54) is 12.1 Å². The Balaban J connectivity index is 2.59. The van der Waals surface area contributed by atoms with Crippen molar-refractivity contribution in [2.45, 2.75) is 26.3 Å². The summed E-state index contributed by atoms with van der Waals surface area (Å²) in [6.45, 7) is 4.18. The highest BCUT2D eigenvalue weighted by molar-refractivity contribution is 5.17. The molecule has 13 heavy (non-hydrogen) atoms. The number of benzene rings is 1. The van der Waals surface area contributed by atoms with E-state index in [-0.39, 0.29) is 11.9 Å². The normalized spacial score (nSPS) is 13.3. The Labute approximate surface area is 78.8 Å². The molecule has 0 heterocycles. The average molecular weight is 181 g/mol. The van der Waals surface area contributed by atoms with E-state index in [0.29, 0.717) is 5.92 Å². The van der Waals surface area contributed by atoms with Crippen LogP contribution in [0.5, 0.6) is 0 Å². The Morgan fingerprint density at radius 1 is 1.23 bits per heavy atom. The summed E-state index contributed by atoms with van der Waals surface area (Å²) in [5.74, 6) is 0.270. The molecule has 0 aliphatic carbocycles. The highest BCUT2D eigenvalue weighted by atomic mass is 19.1. The Hall–Kier alpha value is -0.890. The van der Waals surface area contributed by atoms with Crippen molar-refractivity contribution in [3.63, 3.8) is 0 Å². The van der Waals surface area contributed by atoms with Gasteiger partial charge in [0.1, 0.15) is 5.82 Å². The van der Waals surface area contributed by atoms with Crippen LogP contribution in [0, 0.1) is 11.7 Å². The molecule has 1 atom stereocenters. The SMILES string of the molecule is CC(C)[C@@H](N)Cc1ccc(F)cc1. The molecule has 2 N–H and O–H groups in total. The third kappa shape index (κ3) is 3.15. The van der Waals surface area contributed by atoms with Gasteiger partial charge >= 0.3 is 0 Å². The molecule has 0 radical (unpaired) electrons. The van der Waals surface area contributed by atoms with Crippen LogP contribution in [-0.4, -0.2) is 6.04 Å². The second-order valence-electron chi connectivity index (χ2n) is 3.74. The van der Waals surface area contributed by atoms with Gasteiger partial charge in [-0.2, -0.15) is 0 Å². The van der Waals surface area contributed by atoms with Crippen LogP contribution in [0.15, 0.2) is 24.3 Å². The van der Waals surface area contributed by atoms with Crippen molar-refractivity contribution in [3.8, 4) is 0 Å². The first-order valence-electron chi connectivity index (χ1n) is 4.59. The van der Waals surface area contributed by atoms with Gasteiger partial charge in [0.2, 0.25) is 0 Å². The van der Waals surface area contributed by atoms with E-state index in [0.717, 1.165) is 12.0 Å². The van der Waals surface area contributed by atoms with Crippen molar-refractivity contribution < 1.29 is 4.39 Å². The van der Waals surface area contributed by atoms with Crippen LogP contribution in [0.4, 0.5) is 4.39 Å². The van der Waals surface area contributed by atoms with Crippen molar-refractivity contribution in [2.24, 2.45) is 11.7 Å². The van der Waals surface area contributed by atoms with Gasteiger partial charge in [0.25, 0.3) is 0 Å². The molecule has 0 bridgehead atoms. The Morgan fingerprint density at radius 2 is 1.77 bits per heavy atom. The lowest BCUT2D eigenvalue weighted by Crippen LogP contribution is -2.28. The monoisotopic (exact) mass is 181 g/mol. The van der Waals surface area contributed by atoms with Crippen molar-refractivity contribution in [3.05, 3.63) is 35.6 Å². The molecule has 0 aromatic heterocycles. The number of hydrogen-bond acceptors (Lipinski definition) is 1. The molecule has 0 aliphatic rings. The molecule has 0 fully saturated rings. The first kappa shape index (κ1) is 10.2. The summed E-state index contributed by atoms with van der Waals surface area (Å²) in [6, 6.07) is 6.69. The molecular formula is C11H16FN. The number of nitrogens with two attached hydrogens (primary N) is 1. The minimum atomic E-state index is -0.193. The first-order valence-corrected chi connectivity index (χ1v) is 4.59. The second kappa shape index (κ2) is 4.38. The molecule has 1 aromatic rings. The lowest BCUT2D eigenvalue weighted by molar-refractivity contribution is 0.490. The lowest BCUT2D eigenvalue weighted by Gasteiger charge is -2.15. The molecule has 1 nitrogen and oxygen atoms in total. The fourth-order valence-corrected chi connectivity index (χ4v) is 1.13. The largest absolute Gasteiger partial charge is 0.327 e. The predicted octanol–water partition coefficient (Wildman–Crippen LogP) is 2.35. The van der Waals surface area contributed by atoms with Crippen LogP contribution in [0.25, 0.3) is 0 Å². The summed E-state index contributed by atoms with van der Waals surface area (Å²) in [5, 5.41) is 0. The minimum absolute atomic E-state index is 0.158. The predicted molar refractivity (Wildman–Crippen MR) is 52.9 cm³/mol. The molecule has 0 aliphatic heterocycles. The van der Waals surface area contributed by atoms with Gasteiger partial charge in [0.15, 0.2) is 0 Å². The fraction of sp³-hybridized carbons (Fsp3) is 0.455. The molecule has 1 aromatic carbocycles. The van der Waals surface area contributed by atoms with E-state index in [1.54, 1.807) is 12.1 Å². The summed E-state index contributed by atoms with van der Waals surface area (Å²) in [5.41, 5.74) is 6.99. The van der Waals surface area contributed by atoms with Gasteiger partial charge in [0, 0.05) is 6.04 Å². The third-order valence-electron chi connectivity index (χ3n) is 2.24. The number of hydrogen-bond donors (Lipinski definition) is 1. The van der Waals surface area contributed by atoms with Crippen LogP contribution < -0.4 is 5.73 Å². The lowest BCUT2D eigenvalue weighted by atomic mass is 9.97. The fourth-order valence-electron chi connectivity index (χ4n) is 1.13. The summed E-state index contributed by atoms with van der Waals surface area (Å²) < 4.78 is 12.6. The second-order valence-corrected chi connectivity index (χ2v) is 3.74. The molecule has 2 heteroatoms. The maximum absolute atomic E-state index is 12.6. The zero-order valence-electron chi connectivity index (χ0n) is 8.13. The Kier molecular flexibility index (Phi) is 3.43.